The van der Waals surface area contributed by atoms with Crippen LogP contribution in [0, 0.1) is 0 Å². The smallest absolute Gasteiger partial charge is 0.477 e. The van der Waals surface area contributed by atoms with Gasteiger partial charge in [0.1, 0.15) is 11.8 Å². The summed E-state index contributed by atoms with van der Waals surface area (Å²) < 4.78 is 44.4. The second-order valence-corrected chi connectivity index (χ2v) is 5.51. The molecule has 1 saturated heterocycles. The zero-order chi connectivity index (χ0) is 20.9. The molecule has 0 aromatic carbocycles. The Bertz CT molecular complexity index is 841. The maximum Gasteiger partial charge on any atom is 0.490 e. The molecule has 1 aliphatic heterocycles. The van der Waals surface area contributed by atoms with Gasteiger partial charge in [-0.2, -0.15) is 13.2 Å². The van der Waals surface area contributed by atoms with Crippen molar-refractivity contribution < 1.29 is 42.4 Å². The monoisotopic (exact) mass is 406 g/mol. The number of ether oxygens (including phenoxy) is 2. The van der Waals surface area contributed by atoms with E-state index in [0.717, 1.165) is 0 Å². The highest BCUT2D eigenvalue weighted by molar-refractivity contribution is 5.87. The molecule has 0 spiro atoms. The number of aromatic nitrogens is 3. The number of carbonyl (C=O) groups is 2. The molecule has 3 rings (SSSR count). The van der Waals surface area contributed by atoms with Crippen molar-refractivity contribution in [3.05, 3.63) is 24.2 Å². The van der Waals surface area contributed by atoms with Gasteiger partial charge in [0.15, 0.2) is 5.69 Å². The number of hydrogen-bond acceptors (Lipinski definition) is 7. The third-order valence-corrected chi connectivity index (χ3v) is 3.57. The van der Waals surface area contributed by atoms with E-state index >= 15 is 0 Å². The van der Waals surface area contributed by atoms with Gasteiger partial charge < -0.3 is 25.0 Å². The van der Waals surface area contributed by atoms with Crippen molar-refractivity contribution in [1.82, 2.24) is 14.4 Å². The largest absolute Gasteiger partial charge is 0.490 e. The first-order valence-corrected chi connectivity index (χ1v) is 7.96. The minimum absolute atomic E-state index is 0.0527. The Morgan fingerprint density at radius 3 is 2.64 bits per heavy atom. The van der Waals surface area contributed by atoms with Crippen LogP contribution in [0.4, 0.5) is 19.1 Å². The summed E-state index contributed by atoms with van der Waals surface area (Å²) in [6.07, 6.45) is -1.84. The number of fused-ring (bicyclic) bond motifs is 1. The fraction of sp³-hybridized carbons (Fsp3) is 0.467. The Kier molecular flexibility index (Phi) is 6.75. The molecular formula is C15H17F3N4O6. The first kappa shape index (κ1) is 21.4. The van der Waals surface area contributed by atoms with Crippen LogP contribution in [0.25, 0.3) is 5.65 Å². The fourth-order valence-electron chi connectivity index (χ4n) is 2.35. The highest BCUT2D eigenvalue weighted by atomic mass is 19.4. The van der Waals surface area contributed by atoms with E-state index in [1.54, 1.807) is 16.8 Å². The molecule has 0 amide bonds. The SMILES string of the molecule is CCO[C@@H]1COC[C@H]1Nc1nc(C(=O)O)cc2nccn12.O=C(O)C(F)(F)F. The van der Waals surface area contributed by atoms with Crippen LogP contribution in [0.3, 0.4) is 0 Å². The van der Waals surface area contributed by atoms with Crippen LogP contribution >= 0.6 is 0 Å². The average molecular weight is 406 g/mol. The summed E-state index contributed by atoms with van der Waals surface area (Å²) in [5, 5.41) is 19.5. The molecule has 28 heavy (non-hydrogen) atoms. The number of rotatable bonds is 5. The van der Waals surface area contributed by atoms with Crippen LogP contribution in [-0.2, 0) is 14.3 Å². The molecular weight excluding hydrogens is 389 g/mol. The topological polar surface area (TPSA) is 135 Å². The van der Waals surface area contributed by atoms with Crippen molar-refractivity contribution in [1.29, 1.82) is 0 Å². The lowest BCUT2D eigenvalue weighted by atomic mass is 10.2. The minimum atomic E-state index is -5.08. The van der Waals surface area contributed by atoms with Gasteiger partial charge in [0.25, 0.3) is 0 Å². The lowest BCUT2D eigenvalue weighted by Crippen LogP contribution is -2.35. The molecule has 2 aromatic rings. The van der Waals surface area contributed by atoms with E-state index in [1.807, 2.05) is 6.92 Å². The Morgan fingerprint density at radius 2 is 2.07 bits per heavy atom. The molecule has 0 unspecified atom stereocenters. The maximum absolute atomic E-state index is 11.1. The molecule has 2 atom stereocenters. The van der Waals surface area contributed by atoms with Crippen molar-refractivity contribution >= 4 is 23.5 Å². The number of nitrogens with zero attached hydrogens (tertiary/aromatic N) is 3. The number of aromatic carboxylic acids is 1. The first-order chi connectivity index (χ1) is 13.1. The van der Waals surface area contributed by atoms with Gasteiger partial charge in [0.2, 0.25) is 5.95 Å². The molecule has 3 heterocycles. The number of imidazole rings is 1. The van der Waals surface area contributed by atoms with Gasteiger partial charge in [-0.05, 0) is 6.92 Å². The van der Waals surface area contributed by atoms with Crippen LogP contribution < -0.4 is 5.32 Å². The maximum atomic E-state index is 11.1. The second-order valence-electron chi connectivity index (χ2n) is 5.51. The summed E-state index contributed by atoms with van der Waals surface area (Å²) in [6, 6.07) is 1.35. The highest BCUT2D eigenvalue weighted by Gasteiger charge is 2.38. The van der Waals surface area contributed by atoms with E-state index in [4.69, 9.17) is 24.5 Å². The highest BCUT2D eigenvalue weighted by Crippen LogP contribution is 2.17. The molecule has 0 bridgehead atoms. The van der Waals surface area contributed by atoms with E-state index in [9.17, 15) is 18.0 Å². The number of hydrogen-bond donors (Lipinski definition) is 3. The molecule has 13 heteroatoms. The number of aliphatic carboxylic acids is 1. The molecule has 0 saturated carbocycles. The molecule has 154 valence electrons. The summed E-state index contributed by atoms with van der Waals surface area (Å²) in [4.78, 5) is 28.3. The summed E-state index contributed by atoms with van der Waals surface area (Å²) in [7, 11) is 0. The molecule has 1 fully saturated rings. The van der Waals surface area contributed by atoms with Crippen LogP contribution in [0.5, 0.6) is 0 Å². The van der Waals surface area contributed by atoms with Crippen LogP contribution in [-0.4, -0.2) is 74.7 Å². The summed E-state index contributed by atoms with van der Waals surface area (Å²) in [5.41, 5.74) is 0.472. The predicted octanol–water partition coefficient (Wildman–Crippen LogP) is 1.28. The van der Waals surface area contributed by atoms with Gasteiger partial charge in [-0.15, -0.1) is 0 Å². The number of carboxylic acid groups (broad SMARTS) is 2. The van der Waals surface area contributed by atoms with Crippen LogP contribution in [0.15, 0.2) is 18.5 Å². The van der Waals surface area contributed by atoms with Crippen molar-refractivity contribution in [3.8, 4) is 0 Å². The lowest BCUT2D eigenvalue weighted by Gasteiger charge is -2.20. The normalized spacial score (nSPS) is 19.1. The Labute approximate surface area is 155 Å². The van der Waals surface area contributed by atoms with Crippen molar-refractivity contribution in [3.63, 3.8) is 0 Å². The summed E-state index contributed by atoms with van der Waals surface area (Å²) >= 11 is 0. The third kappa shape index (κ3) is 5.29. The zero-order valence-electron chi connectivity index (χ0n) is 14.5. The van der Waals surface area contributed by atoms with Gasteiger partial charge in [-0.3, -0.25) is 4.40 Å². The van der Waals surface area contributed by atoms with Gasteiger partial charge in [0.05, 0.1) is 19.3 Å². The van der Waals surface area contributed by atoms with Crippen LogP contribution in [0.2, 0.25) is 0 Å². The van der Waals surface area contributed by atoms with Crippen LogP contribution in [0.1, 0.15) is 17.4 Å². The Morgan fingerprint density at radius 1 is 1.39 bits per heavy atom. The van der Waals surface area contributed by atoms with E-state index in [2.05, 4.69) is 15.3 Å². The molecule has 2 aromatic heterocycles. The van der Waals surface area contributed by atoms with E-state index in [0.29, 0.717) is 31.4 Å². The van der Waals surface area contributed by atoms with Crippen molar-refractivity contribution in [2.24, 2.45) is 0 Å². The lowest BCUT2D eigenvalue weighted by molar-refractivity contribution is -0.192. The number of nitrogens with one attached hydrogen (secondary N) is 1. The van der Waals surface area contributed by atoms with E-state index < -0.39 is 18.1 Å². The number of anilines is 1. The predicted molar refractivity (Wildman–Crippen MR) is 87.3 cm³/mol. The standard InChI is InChI=1S/C13H16N4O4.C2HF3O2/c1-2-21-10-7-20-6-9(10)16-13-15-8(12(18)19)5-11-14-3-4-17(11)13;3-2(4,5)1(6)7/h3-5,9-10H,2,6-7H2,1H3,(H,15,16)(H,18,19);(H,6,7)/t9-,10-;/m1./s1. The zero-order valence-corrected chi connectivity index (χ0v) is 14.5. The number of carboxylic acids is 2. The number of alkyl halides is 3. The fourth-order valence-corrected chi connectivity index (χ4v) is 2.35. The van der Waals surface area contributed by atoms with Gasteiger partial charge in [-0.25, -0.2) is 19.6 Å². The van der Waals surface area contributed by atoms with E-state index in [1.165, 1.54) is 6.07 Å². The van der Waals surface area contributed by atoms with Crippen molar-refractivity contribution in [2.45, 2.75) is 25.2 Å². The van der Waals surface area contributed by atoms with Gasteiger partial charge >= 0.3 is 18.1 Å². The van der Waals surface area contributed by atoms with E-state index in [-0.39, 0.29) is 17.8 Å². The average Bonchev–Trinajstić information content (AvgIpc) is 3.24. The minimum Gasteiger partial charge on any atom is -0.477 e. The second kappa shape index (κ2) is 8.84. The summed E-state index contributed by atoms with van der Waals surface area (Å²) in [5.74, 6) is -3.43. The molecule has 1 aliphatic rings. The molecule has 0 radical (unpaired) electrons. The molecule has 3 N–H and O–H groups in total. The molecule has 0 aliphatic carbocycles. The third-order valence-electron chi connectivity index (χ3n) is 3.57. The van der Waals surface area contributed by atoms with Gasteiger partial charge in [0, 0.05) is 25.1 Å². The Balaban J connectivity index is 0.000000345. The van der Waals surface area contributed by atoms with Crippen molar-refractivity contribution in [2.75, 3.05) is 25.1 Å². The van der Waals surface area contributed by atoms with Gasteiger partial charge in [-0.1, -0.05) is 0 Å². The Hall–Kier alpha value is -2.93. The number of halogens is 3. The molecule has 10 nitrogen and oxygen atoms in total. The first-order valence-electron chi connectivity index (χ1n) is 7.96. The summed E-state index contributed by atoms with van der Waals surface area (Å²) in [6.45, 7) is 3.51. The quantitative estimate of drug-likeness (QED) is 0.671.